The molecule has 0 spiro atoms. The van der Waals surface area contributed by atoms with Gasteiger partial charge in [0.2, 0.25) is 5.91 Å². The standard InChI is InChI=1S/C19H31NO4/c21-17(13-14-5-3-1-2-4-6-14)20-10-7-15(8-11-20)18-16(19(22)23)9-12-24-18/h14-16,18H,1-13H2,(H,22,23)/t16?,18-/m0/s1. The van der Waals surface area contributed by atoms with E-state index in [-0.39, 0.29) is 17.9 Å². The summed E-state index contributed by atoms with van der Waals surface area (Å²) < 4.78 is 5.71. The van der Waals surface area contributed by atoms with Crippen molar-refractivity contribution in [3.8, 4) is 0 Å². The average Bonchev–Trinajstić information content (AvgIpc) is 2.94. The third-order valence-corrected chi connectivity index (χ3v) is 6.25. The maximum absolute atomic E-state index is 12.6. The number of carboxylic acid groups (broad SMARTS) is 1. The Hall–Kier alpha value is -1.10. The topological polar surface area (TPSA) is 66.8 Å². The molecule has 3 aliphatic rings. The number of ether oxygens (including phenoxy) is 1. The predicted octanol–water partition coefficient (Wildman–Crippen LogP) is 3.08. The van der Waals surface area contributed by atoms with Crippen molar-refractivity contribution in [3.05, 3.63) is 0 Å². The van der Waals surface area contributed by atoms with E-state index in [4.69, 9.17) is 4.74 Å². The molecule has 0 bridgehead atoms. The molecule has 136 valence electrons. The van der Waals surface area contributed by atoms with Crippen LogP contribution in [0.15, 0.2) is 0 Å². The van der Waals surface area contributed by atoms with Gasteiger partial charge in [-0.15, -0.1) is 0 Å². The van der Waals surface area contributed by atoms with Crippen molar-refractivity contribution < 1.29 is 19.4 Å². The van der Waals surface area contributed by atoms with Gasteiger partial charge in [0.15, 0.2) is 0 Å². The van der Waals surface area contributed by atoms with Crippen LogP contribution in [0.4, 0.5) is 0 Å². The first kappa shape index (κ1) is 17.7. The Kier molecular flexibility index (Phi) is 6.14. The zero-order chi connectivity index (χ0) is 16.9. The highest BCUT2D eigenvalue weighted by atomic mass is 16.5. The molecular formula is C19H31NO4. The molecule has 3 fully saturated rings. The molecule has 2 aliphatic heterocycles. The predicted molar refractivity (Wildman–Crippen MR) is 90.6 cm³/mol. The first-order chi connectivity index (χ1) is 11.6. The van der Waals surface area contributed by atoms with Gasteiger partial charge in [-0.3, -0.25) is 9.59 Å². The lowest BCUT2D eigenvalue weighted by Gasteiger charge is -2.36. The molecular weight excluding hydrogens is 306 g/mol. The Labute approximate surface area is 144 Å². The zero-order valence-corrected chi connectivity index (χ0v) is 14.6. The molecule has 0 aromatic rings. The van der Waals surface area contributed by atoms with Crippen molar-refractivity contribution in [2.75, 3.05) is 19.7 Å². The molecule has 0 radical (unpaired) electrons. The highest BCUT2D eigenvalue weighted by molar-refractivity contribution is 5.76. The SMILES string of the molecule is O=C(O)C1CCO[C@H]1C1CCN(C(=O)CC2CCCCCC2)CC1. The summed E-state index contributed by atoms with van der Waals surface area (Å²) in [5.74, 6) is 0.0814. The highest BCUT2D eigenvalue weighted by Crippen LogP contribution is 2.34. The number of rotatable bonds is 4. The van der Waals surface area contributed by atoms with Crippen LogP contribution in [0.3, 0.4) is 0 Å². The van der Waals surface area contributed by atoms with Crippen molar-refractivity contribution in [2.45, 2.75) is 70.3 Å². The summed E-state index contributed by atoms with van der Waals surface area (Å²) >= 11 is 0. The number of amides is 1. The van der Waals surface area contributed by atoms with Gasteiger partial charge in [0.05, 0.1) is 12.0 Å². The Bertz CT molecular complexity index is 437. The van der Waals surface area contributed by atoms with Crippen LogP contribution in [0.2, 0.25) is 0 Å². The van der Waals surface area contributed by atoms with E-state index in [1.807, 2.05) is 4.90 Å². The van der Waals surface area contributed by atoms with Crippen LogP contribution in [0.25, 0.3) is 0 Å². The van der Waals surface area contributed by atoms with Crippen LogP contribution in [-0.2, 0) is 14.3 Å². The first-order valence-corrected chi connectivity index (χ1v) is 9.77. The van der Waals surface area contributed by atoms with Crippen molar-refractivity contribution in [1.29, 1.82) is 0 Å². The largest absolute Gasteiger partial charge is 0.481 e. The van der Waals surface area contributed by atoms with E-state index in [1.165, 1.54) is 38.5 Å². The lowest BCUT2D eigenvalue weighted by molar-refractivity contribution is -0.146. The summed E-state index contributed by atoms with van der Waals surface area (Å²) in [7, 11) is 0. The van der Waals surface area contributed by atoms with E-state index in [1.54, 1.807) is 0 Å². The zero-order valence-electron chi connectivity index (χ0n) is 14.6. The Morgan fingerprint density at radius 1 is 0.958 bits per heavy atom. The first-order valence-electron chi connectivity index (χ1n) is 9.77. The number of hydrogen-bond donors (Lipinski definition) is 1. The summed E-state index contributed by atoms with van der Waals surface area (Å²) in [4.78, 5) is 25.9. The van der Waals surface area contributed by atoms with Gasteiger partial charge in [0, 0.05) is 26.1 Å². The smallest absolute Gasteiger partial charge is 0.309 e. The molecule has 0 aromatic carbocycles. The molecule has 1 amide bonds. The summed E-state index contributed by atoms with van der Waals surface area (Å²) in [6.07, 6.45) is 10.5. The van der Waals surface area contributed by atoms with Crippen molar-refractivity contribution in [3.63, 3.8) is 0 Å². The van der Waals surface area contributed by atoms with E-state index in [0.717, 1.165) is 25.9 Å². The van der Waals surface area contributed by atoms with Gasteiger partial charge in [0.1, 0.15) is 0 Å². The van der Waals surface area contributed by atoms with Gasteiger partial charge < -0.3 is 14.7 Å². The lowest BCUT2D eigenvalue weighted by atomic mass is 9.84. The third kappa shape index (κ3) is 4.29. The summed E-state index contributed by atoms with van der Waals surface area (Å²) in [6, 6.07) is 0. The number of nitrogens with zero attached hydrogens (tertiary/aromatic N) is 1. The lowest BCUT2D eigenvalue weighted by Crippen LogP contribution is -2.43. The normalized spacial score (nSPS) is 30.2. The molecule has 1 saturated carbocycles. The van der Waals surface area contributed by atoms with Gasteiger partial charge in [-0.05, 0) is 43.9 Å². The highest BCUT2D eigenvalue weighted by Gasteiger charge is 2.40. The maximum atomic E-state index is 12.6. The minimum absolute atomic E-state index is 0.151. The van der Waals surface area contributed by atoms with Crippen molar-refractivity contribution in [2.24, 2.45) is 17.8 Å². The van der Waals surface area contributed by atoms with Gasteiger partial charge in [-0.25, -0.2) is 0 Å². The van der Waals surface area contributed by atoms with E-state index in [9.17, 15) is 14.7 Å². The minimum atomic E-state index is -0.732. The molecule has 24 heavy (non-hydrogen) atoms. The number of hydrogen-bond acceptors (Lipinski definition) is 3. The Balaban J connectivity index is 1.46. The number of carboxylic acids is 1. The quantitative estimate of drug-likeness (QED) is 0.801. The molecule has 1 unspecified atom stereocenters. The Morgan fingerprint density at radius 3 is 2.25 bits per heavy atom. The fourth-order valence-electron chi connectivity index (χ4n) is 4.76. The molecule has 2 heterocycles. The molecule has 5 heteroatoms. The van der Waals surface area contributed by atoms with Crippen LogP contribution in [0.5, 0.6) is 0 Å². The molecule has 1 N–H and O–H groups in total. The van der Waals surface area contributed by atoms with Crippen LogP contribution in [0, 0.1) is 17.8 Å². The van der Waals surface area contributed by atoms with Gasteiger partial charge >= 0.3 is 5.97 Å². The number of aliphatic carboxylic acids is 1. The molecule has 1 aliphatic carbocycles. The van der Waals surface area contributed by atoms with Gasteiger partial charge in [-0.2, -0.15) is 0 Å². The summed E-state index contributed by atoms with van der Waals surface area (Å²) in [6.45, 7) is 2.09. The van der Waals surface area contributed by atoms with E-state index < -0.39 is 5.97 Å². The van der Waals surface area contributed by atoms with E-state index >= 15 is 0 Å². The number of carbonyl (C=O) groups is 2. The van der Waals surface area contributed by atoms with Gasteiger partial charge in [0.25, 0.3) is 0 Å². The molecule has 2 atom stereocenters. The van der Waals surface area contributed by atoms with Crippen LogP contribution >= 0.6 is 0 Å². The number of piperidine rings is 1. The molecule has 2 saturated heterocycles. The van der Waals surface area contributed by atoms with Crippen molar-refractivity contribution >= 4 is 11.9 Å². The molecule has 3 rings (SSSR count). The molecule has 0 aromatic heterocycles. The second-order valence-corrected chi connectivity index (χ2v) is 7.85. The minimum Gasteiger partial charge on any atom is -0.481 e. The Morgan fingerprint density at radius 2 is 1.62 bits per heavy atom. The van der Waals surface area contributed by atoms with Crippen molar-refractivity contribution in [1.82, 2.24) is 4.90 Å². The maximum Gasteiger partial charge on any atom is 0.309 e. The molecule has 5 nitrogen and oxygen atoms in total. The number of likely N-dealkylation sites (tertiary alicyclic amines) is 1. The second kappa shape index (κ2) is 8.32. The van der Waals surface area contributed by atoms with Crippen LogP contribution < -0.4 is 0 Å². The van der Waals surface area contributed by atoms with E-state index in [0.29, 0.717) is 31.3 Å². The number of carbonyl (C=O) groups excluding carboxylic acids is 1. The second-order valence-electron chi connectivity index (χ2n) is 7.85. The third-order valence-electron chi connectivity index (χ3n) is 6.25. The van der Waals surface area contributed by atoms with Crippen LogP contribution in [-0.4, -0.2) is 47.7 Å². The summed E-state index contributed by atoms with van der Waals surface area (Å²) in [5.41, 5.74) is 0. The van der Waals surface area contributed by atoms with Crippen LogP contribution in [0.1, 0.15) is 64.2 Å². The fraction of sp³-hybridized carbons (Fsp3) is 0.895. The average molecular weight is 337 g/mol. The van der Waals surface area contributed by atoms with Gasteiger partial charge in [-0.1, -0.05) is 25.7 Å². The van der Waals surface area contributed by atoms with E-state index in [2.05, 4.69) is 0 Å². The summed E-state index contributed by atoms with van der Waals surface area (Å²) in [5, 5.41) is 9.32. The monoisotopic (exact) mass is 337 g/mol. The fourth-order valence-corrected chi connectivity index (χ4v) is 4.76.